The summed E-state index contributed by atoms with van der Waals surface area (Å²) in [6.07, 6.45) is 4.75. The van der Waals surface area contributed by atoms with E-state index in [-0.39, 0.29) is 5.92 Å². The predicted octanol–water partition coefficient (Wildman–Crippen LogP) is 1.35. The number of rotatable bonds is 2. The third-order valence-electron chi connectivity index (χ3n) is 2.66. The first-order valence-corrected chi connectivity index (χ1v) is 4.43. The van der Waals surface area contributed by atoms with Gasteiger partial charge in [0.1, 0.15) is 5.78 Å². The molecule has 0 aromatic carbocycles. The number of carbonyl (C=O) groups is 1. The van der Waals surface area contributed by atoms with E-state index in [1.165, 1.54) is 19.3 Å². The Bertz CT molecular complexity index is 144. The van der Waals surface area contributed by atoms with E-state index in [9.17, 15) is 4.79 Å². The van der Waals surface area contributed by atoms with Gasteiger partial charge in [0, 0.05) is 12.0 Å². The number of carbonyl (C=O) groups excluding carboxylic acids is 1. The third kappa shape index (κ3) is 2.03. The van der Waals surface area contributed by atoms with Crippen LogP contribution in [0, 0.1) is 5.92 Å². The quantitative estimate of drug-likeness (QED) is 0.652. The first kappa shape index (κ1) is 8.72. The molecule has 1 aliphatic rings. The van der Waals surface area contributed by atoms with Crippen molar-refractivity contribution in [1.82, 2.24) is 5.32 Å². The molecule has 1 N–H and O–H groups in total. The van der Waals surface area contributed by atoms with Crippen molar-refractivity contribution in [2.45, 2.75) is 38.6 Å². The van der Waals surface area contributed by atoms with Gasteiger partial charge in [-0.25, -0.2) is 0 Å². The molecular formula is C9H17NO. The van der Waals surface area contributed by atoms with E-state index in [2.05, 4.69) is 5.32 Å². The van der Waals surface area contributed by atoms with Crippen LogP contribution in [-0.4, -0.2) is 18.9 Å². The van der Waals surface area contributed by atoms with Crippen LogP contribution in [0.15, 0.2) is 0 Å². The zero-order chi connectivity index (χ0) is 8.27. The van der Waals surface area contributed by atoms with Crippen LogP contribution in [0.3, 0.4) is 0 Å². The second-order valence-electron chi connectivity index (χ2n) is 3.40. The minimum absolute atomic E-state index is 0.286. The fourth-order valence-corrected chi connectivity index (χ4v) is 1.96. The van der Waals surface area contributed by atoms with Gasteiger partial charge in [-0.05, 0) is 26.8 Å². The minimum Gasteiger partial charge on any atom is -0.316 e. The Morgan fingerprint density at radius 1 is 1.36 bits per heavy atom. The van der Waals surface area contributed by atoms with Gasteiger partial charge in [0.25, 0.3) is 0 Å². The lowest BCUT2D eigenvalue weighted by Crippen LogP contribution is -2.39. The summed E-state index contributed by atoms with van der Waals surface area (Å²) in [6, 6.07) is 0.446. The average molecular weight is 155 g/mol. The Morgan fingerprint density at radius 2 is 2.00 bits per heavy atom. The molecule has 0 aromatic rings. The highest BCUT2D eigenvalue weighted by Gasteiger charge is 2.26. The molecule has 0 spiro atoms. The third-order valence-corrected chi connectivity index (χ3v) is 2.66. The van der Waals surface area contributed by atoms with Crippen molar-refractivity contribution in [1.29, 1.82) is 0 Å². The summed E-state index contributed by atoms with van der Waals surface area (Å²) in [5.41, 5.74) is 0. The van der Waals surface area contributed by atoms with Crippen LogP contribution in [-0.2, 0) is 4.79 Å². The largest absolute Gasteiger partial charge is 0.316 e. The first-order chi connectivity index (χ1) is 5.25. The Hall–Kier alpha value is -0.370. The van der Waals surface area contributed by atoms with Gasteiger partial charge in [0.05, 0.1) is 0 Å². The molecule has 0 radical (unpaired) electrons. The molecule has 2 nitrogen and oxygen atoms in total. The molecule has 1 aliphatic carbocycles. The summed E-state index contributed by atoms with van der Waals surface area (Å²) in [6.45, 7) is 1.71. The van der Waals surface area contributed by atoms with Crippen molar-refractivity contribution < 1.29 is 4.79 Å². The number of ketones is 1. The van der Waals surface area contributed by atoms with Gasteiger partial charge in [0.2, 0.25) is 0 Å². The highest BCUT2D eigenvalue weighted by molar-refractivity contribution is 5.79. The fourth-order valence-electron chi connectivity index (χ4n) is 1.96. The standard InChI is InChI=1S/C9H17NO/c1-7(11)8-5-3-4-6-9(8)10-2/h8-10H,3-6H2,1-2H3/t8-,9?/m1/s1. The lowest BCUT2D eigenvalue weighted by atomic mass is 9.82. The zero-order valence-electron chi connectivity index (χ0n) is 7.39. The van der Waals surface area contributed by atoms with Gasteiger partial charge >= 0.3 is 0 Å². The predicted molar refractivity (Wildman–Crippen MR) is 45.5 cm³/mol. The SMILES string of the molecule is CNC1CCCC[C@@H]1C(C)=O. The number of nitrogens with one attached hydrogen (secondary N) is 1. The Labute approximate surface area is 68.4 Å². The Kier molecular flexibility index (Phi) is 3.06. The van der Waals surface area contributed by atoms with Crippen LogP contribution in [0.4, 0.5) is 0 Å². The molecule has 0 heterocycles. The average Bonchev–Trinajstić information content (AvgIpc) is 2.04. The highest BCUT2D eigenvalue weighted by atomic mass is 16.1. The van der Waals surface area contributed by atoms with Crippen molar-refractivity contribution in [3.05, 3.63) is 0 Å². The van der Waals surface area contributed by atoms with Crippen molar-refractivity contribution in [3.8, 4) is 0 Å². The monoisotopic (exact) mass is 155 g/mol. The van der Waals surface area contributed by atoms with Gasteiger partial charge in [-0.15, -0.1) is 0 Å². The fraction of sp³-hybridized carbons (Fsp3) is 0.889. The molecule has 2 atom stereocenters. The van der Waals surface area contributed by atoms with Crippen LogP contribution < -0.4 is 5.32 Å². The molecule has 0 aliphatic heterocycles. The van der Waals surface area contributed by atoms with Crippen LogP contribution >= 0.6 is 0 Å². The van der Waals surface area contributed by atoms with Gasteiger partial charge in [0.15, 0.2) is 0 Å². The van der Waals surface area contributed by atoms with Crippen LogP contribution in [0.1, 0.15) is 32.6 Å². The summed E-state index contributed by atoms with van der Waals surface area (Å²) in [4.78, 5) is 11.1. The van der Waals surface area contributed by atoms with E-state index in [4.69, 9.17) is 0 Å². The maximum absolute atomic E-state index is 11.1. The smallest absolute Gasteiger partial charge is 0.134 e. The maximum Gasteiger partial charge on any atom is 0.134 e. The molecule has 1 fully saturated rings. The highest BCUT2D eigenvalue weighted by Crippen LogP contribution is 2.24. The molecule has 0 saturated heterocycles. The van der Waals surface area contributed by atoms with Crippen LogP contribution in [0.5, 0.6) is 0 Å². The van der Waals surface area contributed by atoms with Crippen LogP contribution in [0.25, 0.3) is 0 Å². The zero-order valence-corrected chi connectivity index (χ0v) is 7.39. The molecule has 1 unspecified atom stereocenters. The molecule has 2 heteroatoms. The van der Waals surface area contributed by atoms with Gasteiger partial charge in [-0.3, -0.25) is 4.79 Å². The van der Waals surface area contributed by atoms with Crippen molar-refractivity contribution in [3.63, 3.8) is 0 Å². The van der Waals surface area contributed by atoms with Gasteiger partial charge in [-0.1, -0.05) is 12.8 Å². The van der Waals surface area contributed by atoms with Crippen LogP contribution in [0.2, 0.25) is 0 Å². The van der Waals surface area contributed by atoms with Crippen molar-refractivity contribution in [2.75, 3.05) is 7.05 Å². The number of hydrogen-bond donors (Lipinski definition) is 1. The van der Waals surface area contributed by atoms with E-state index in [1.54, 1.807) is 6.92 Å². The lowest BCUT2D eigenvalue weighted by molar-refractivity contribution is -0.122. The molecule has 0 amide bonds. The molecule has 1 saturated carbocycles. The molecule has 0 aromatic heterocycles. The van der Waals surface area contributed by atoms with E-state index >= 15 is 0 Å². The van der Waals surface area contributed by atoms with Crippen molar-refractivity contribution >= 4 is 5.78 Å². The maximum atomic E-state index is 11.1. The summed E-state index contributed by atoms with van der Waals surface area (Å²) in [5.74, 6) is 0.637. The number of hydrogen-bond acceptors (Lipinski definition) is 2. The summed E-state index contributed by atoms with van der Waals surface area (Å²) in [5, 5.41) is 3.21. The summed E-state index contributed by atoms with van der Waals surface area (Å²) < 4.78 is 0. The molecular weight excluding hydrogens is 138 g/mol. The number of Topliss-reactive ketones (excluding diaryl/α,β-unsaturated/α-hetero) is 1. The Morgan fingerprint density at radius 3 is 2.45 bits per heavy atom. The molecule has 64 valence electrons. The second-order valence-corrected chi connectivity index (χ2v) is 3.40. The van der Waals surface area contributed by atoms with Crippen molar-refractivity contribution in [2.24, 2.45) is 5.92 Å². The van der Waals surface area contributed by atoms with E-state index in [0.29, 0.717) is 11.8 Å². The van der Waals surface area contributed by atoms with E-state index in [0.717, 1.165) is 6.42 Å². The summed E-state index contributed by atoms with van der Waals surface area (Å²) in [7, 11) is 1.95. The molecule has 11 heavy (non-hydrogen) atoms. The summed E-state index contributed by atoms with van der Waals surface area (Å²) >= 11 is 0. The van der Waals surface area contributed by atoms with E-state index in [1.807, 2.05) is 7.05 Å². The molecule has 1 rings (SSSR count). The Balaban J connectivity index is 2.51. The lowest BCUT2D eigenvalue weighted by Gasteiger charge is -2.29. The molecule has 0 bridgehead atoms. The van der Waals surface area contributed by atoms with E-state index < -0.39 is 0 Å². The van der Waals surface area contributed by atoms with Gasteiger partial charge in [-0.2, -0.15) is 0 Å². The minimum atomic E-state index is 0.286. The normalized spacial score (nSPS) is 31.8. The first-order valence-electron chi connectivity index (χ1n) is 4.43. The topological polar surface area (TPSA) is 29.1 Å². The van der Waals surface area contributed by atoms with Gasteiger partial charge < -0.3 is 5.32 Å². The second kappa shape index (κ2) is 3.86.